The molecule has 1 saturated heterocycles. The second-order valence-corrected chi connectivity index (χ2v) is 7.63. The van der Waals surface area contributed by atoms with Crippen LogP contribution in [0, 0.1) is 6.92 Å². The molecule has 2 rings (SSSR count). The lowest BCUT2D eigenvalue weighted by Gasteiger charge is -2.17. The Balaban J connectivity index is 1.79. The maximum atomic E-state index is 12.2. The fourth-order valence-electron chi connectivity index (χ4n) is 2.68. The molecule has 1 fully saturated rings. The number of carbonyl (C=O) groups excluding carboxylic acids is 4. The van der Waals surface area contributed by atoms with E-state index in [1.165, 1.54) is 6.92 Å². The number of ether oxygens (including phenoxy) is 1. The average molecular weight is 410 g/mol. The van der Waals surface area contributed by atoms with E-state index >= 15 is 0 Å². The molecule has 1 aromatic rings. The van der Waals surface area contributed by atoms with Crippen molar-refractivity contribution in [2.75, 3.05) is 11.9 Å². The Morgan fingerprint density at radius 2 is 2.00 bits per heavy atom. The summed E-state index contributed by atoms with van der Waals surface area (Å²) in [7, 11) is 0. The molecule has 0 unspecified atom stereocenters. The molecule has 28 heavy (non-hydrogen) atoms. The minimum absolute atomic E-state index is 0.0225. The van der Waals surface area contributed by atoms with Gasteiger partial charge < -0.3 is 15.4 Å². The largest absolute Gasteiger partial charge is 0.453 e. The van der Waals surface area contributed by atoms with Crippen molar-refractivity contribution in [3.05, 3.63) is 28.8 Å². The van der Waals surface area contributed by atoms with Gasteiger partial charge in [0.05, 0.1) is 0 Å². The zero-order valence-corrected chi connectivity index (χ0v) is 17.1. The summed E-state index contributed by atoms with van der Waals surface area (Å²) < 4.78 is 5.13. The molecule has 8 nitrogen and oxygen atoms in total. The summed E-state index contributed by atoms with van der Waals surface area (Å²) in [5.74, 6) is -1.40. The van der Waals surface area contributed by atoms with Crippen molar-refractivity contribution < 1.29 is 23.9 Å². The van der Waals surface area contributed by atoms with Crippen LogP contribution in [0.3, 0.4) is 0 Å². The Morgan fingerprint density at radius 1 is 1.32 bits per heavy atom. The molecule has 0 radical (unpaired) electrons. The third-order valence-electron chi connectivity index (χ3n) is 4.34. The highest BCUT2D eigenvalue weighted by atomic mass is 35.5. The van der Waals surface area contributed by atoms with Crippen LogP contribution in [0.5, 0.6) is 0 Å². The number of esters is 1. The van der Waals surface area contributed by atoms with Crippen LogP contribution in [0.25, 0.3) is 0 Å². The summed E-state index contributed by atoms with van der Waals surface area (Å²) >= 11 is 5.92. The summed E-state index contributed by atoms with van der Waals surface area (Å²) in [6.07, 6.45) is -0.775. The van der Waals surface area contributed by atoms with Crippen molar-refractivity contribution in [1.82, 2.24) is 10.2 Å². The van der Waals surface area contributed by atoms with Crippen LogP contribution in [0.4, 0.5) is 10.5 Å². The molecular weight excluding hydrogens is 386 g/mol. The van der Waals surface area contributed by atoms with Crippen LogP contribution in [-0.2, 0) is 19.1 Å². The first kappa shape index (κ1) is 21.7. The van der Waals surface area contributed by atoms with Crippen LogP contribution in [0.2, 0.25) is 5.02 Å². The number of hydrogen-bond acceptors (Lipinski definition) is 5. The first-order valence-corrected chi connectivity index (χ1v) is 9.29. The predicted molar refractivity (Wildman–Crippen MR) is 104 cm³/mol. The third-order valence-corrected chi connectivity index (χ3v) is 4.58. The second kappa shape index (κ2) is 8.60. The normalized spacial score (nSPS) is 16.5. The zero-order valence-electron chi connectivity index (χ0n) is 16.3. The number of halogens is 1. The van der Waals surface area contributed by atoms with E-state index in [9.17, 15) is 19.2 Å². The number of nitrogens with one attached hydrogen (secondary N) is 2. The van der Waals surface area contributed by atoms with Crippen molar-refractivity contribution in [2.45, 2.75) is 52.2 Å². The van der Waals surface area contributed by atoms with Crippen LogP contribution in [0.1, 0.15) is 39.2 Å². The highest BCUT2D eigenvalue weighted by molar-refractivity contribution is 6.31. The molecule has 152 valence electrons. The average Bonchev–Trinajstić information content (AvgIpc) is 2.79. The van der Waals surface area contributed by atoms with Crippen molar-refractivity contribution in [2.24, 2.45) is 0 Å². The quantitative estimate of drug-likeness (QED) is 0.532. The fraction of sp³-hybridized carbons (Fsp3) is 0.474. The van der Waals surface area contributed by atoms with Crippen LogP contribution in [-0.4, -0.2) is 46.9 Å². The second-order valence-electron chi connectivity index (χ2n) is 7.20. The lowest BCUT2D eigenvalue weighted by atomic mass is 10.1. The maximum absolute atomic E-state index is 12.2. The Hall–Kier alpha value is -2.61. The van der Waals surface area contributed by atoms with E-state index in [1.54, 1.807) is 32.0 Å². The molecule has 0 saturated carbocycles. The van der Waals surface area contributed by atoms with Crippen molar-refractivity contribution in [3.8, 4) is 0 Å². The maximum Gasteiger partial charge on any atom is 0.325 e. The van der Waals surface area contributed by atoms with E-state index in [2.05, 4.69) is 10.6 Å². The van der Waals surface area contributed by atoms with E-state index in [0.717, 1.165) is 10.5 Å². The van der Waals surface area contributed by atoms with Crippen LogP contribution >= 0.6 is 11.6 Å². The molecule has 4 amide bonds. The minimum atomic E-state index is -0.999. The predicted octanol–water partition coefficient (Wildman–Crippen LogP) is 2.63. The van der Waals surface area contributed by atoms with Gasteiger partial charge >= 0.3 is 12.0 Å². The summed E-state index contributed by atoms with van der Waals surface area (Å²) in [6.45, 7) is 6.62. The molecule has 0 aromatic heterocycles. The van der Waals surface area contributed by atoms with Gasteiger partial charge in [-0.3, -0.25) is 19.3 Å². The van der Waals surface area contributed by atoms with Crippen LogP contribution < -0.4 is 10.6 Å². The van der Waals surface area contributed by atoms with Gasteiger partial charge in [-0.15, -0.1) is 0 Å². The number of imide groups is 1. The number of nitrogens with zero attached hydrogens (tertiary/aromatic N) is 1. The number of benzene rings is 1. The van der Waals surface area contributed by atoms with Gasteiger partial charge in [-0.2, -0.15) is 0 Å². The van der Waals surface area contributed by atoms with E-state index in [4.69, 9.17) is 16.3 Å². The van der Waals surface area contributed by atoms with Gasteiger partial charge in [0.15, 0.2) is 6.10 Å². The van der Waals surface area contributed by atoms with Gasteiger partial charge in [0, 0.05) is 23.7 Å². The molecule has 1 aliphatic rings. The summed E-state index contributed by atoms with van der Waals surface area (Å²) in [4.78, 5) is 49.1. The summed E-state index contributed by atoms with van der Waals surface area (Å²) in [5.41, 5.74) is 0.428. The molecule has 1 aliphatic heterocycles. The first-order valence-electron chi connectivity index (χ1n) is 8.92. The molecular formula is C19H24ClN3O5. The smallest absolute Gasteiger partial charge is 0.325 e. The van der Waals surface area contributed by atoms with E-state index in [0.29, 0.717) is 10.7 Å². The van der Waals surface area contributed by atoms with Gasteiger partial charge in [-0.25, -0.2) is 4.79 Å². The number of hydrogen-bond donors (Lipinski definition) is 2. The van der Waals surface area contributed by atoms with Crippen LogP contribution in [0.15, 0.2) is 18.2 Å². The van der Waals surface area contributed by atoms with E-state index < -0.39 is 29.6 Å². The van der Waals surface area contributed by atoms with Crippen molar-refractivity contribution >= 4 is 41.1 Å². The van der Waals surface area contributed by atoms with E-state index in [1.807, 2.05) is 6.92 Å². The molecule has 0 bridgehead atoms. The Kier molecular flexibility index (Phi) is 6.66. The zero-order chi connectivity index (χ0) is 21.1. The lowest BCUT2D eigenvalue weighted by molar-refractivity contribution is -0.153. The lowest BCUT2D eigenvalue weighted by Crippen LogP contribution is -2.40. The molecule has 9 heteroatoms. The molecule has 1 heterocycles. The van der Waals surface area contributed by atoms with E-state index in [-0.39, 0.29) is 25.3 Å². The monoisotopic (exact) mass is 409 g/mol. The van der Waals surface area contributed by atoms with Crippen molar-refractivity contribution in [3.63, 3.8) is 0 Å². The number of aryl methyl sites for hydroxylation is 1. The van der Waals surface area contributed by atoms with Crippen molar-refractivity contribution in [1.29, 1.82) is 0 Å². The number of anilines is 1. The number of urea groups is 1. The Morgan fingerprint density at radius 3 is 2.61 bits per heavy atom. The molecule has 1 aromatic carbocycles. The first-order chi connectivity index (χ1) is 13.0. The molecule has 1 atom stereocenters. The number of amides is 4. The minimum Gasteiger partial charge on any atom is -0.453 e. The molecule has 0 aliphatic carbocycles. The van der Waals surface area contributed by atoms with Gasteiger partial charge in [-0.05, 0) is 51.8 Å². The fourth-order valence-corrected chi connectivity index (χ4v) is 2.85. The van der Waals surface area contributed by atoms with Gasteiger partial charge in [0.25, 0.3) is 11.8 Å². The number of rotatable bonds is 7. The third kappa shape index (κ3) is 5.22. The van der Waals surface area contributed by atoms with Gasteiger partial charge in [0.2, 0.25) is 0 Å². The van der Waals surface area contributed by atoms with Gasteiger partial charge in [-0.1, -0.05) is 17.7 Å². The Bertz CT molecular complexity index is 809. The highest BCUT2D eigenvalue weighted by Crippen LogP contribution is 2.21. The topological polar surface area (TPSA) is 105 Å². The standard InChI is InChI=1S/C19H24ClN3O5/c1-11-7-8-13(20)10-14(11)21-16(25)12(2)28-15(24)6-5-9-23-17(26)19(3,4)22-18(23)27/h7-8,10,12H,5-6,9H2,1-4H3,(H,21,25)(H,22,27)/t12-/m0/s1. The summed E-state index contributed by atoms with van der Waals surface area (Å²) in [5, 5.41) is 5.72. The number of carbonyl (C=O) groups is 4. The SMILES string of the molecule is Cc1ccc(Cl)cc1NC(=O)[C@H](C)OC(=O)CCCN1C(=O)NC(C)(C)C1=O. The van der Waals surface area contributed by atoms with Gasteiger partial charge in [0.1, 0.15) is 5.54 Å². The molecule has 0 spiro atoms. The Labute approximate surface area is 168 Å². The summed E-state index contributed by atoms with van der Waals surface area (Å²) in [6, 6.07) is 4.62. The molecule has 2 N–H and O–H groups in total. The highest BCUT2D eigenvalue weighted by Gasteiger charge is 2.43.